The molecule has 0 N–H and O–H groups in total. The molecule has 0 saturated carbocycles. The summed E-state index contributed by atoms with van der Waals surface area (Å²) in [4.78, 5) is 11.8. The Hall–Kier alpha value is -1.31. The number of carbonyl (C=O) groups is 1. The van der Waals surface area contributed by atoms with Gasteiger partial charge >= 0.3 is 5.97 Å². The molecule has 0 aromatic heterocycles. The second kappa shape index (κ2) is 5.54. The van der Waals surface area contributed by atoms with Gasteiger partial charge in [0.05, 0.1) is 12.0 Å². The van der Waals surface area contributed by atoms with Crippen LogP contribution in [0, 0.1) is 0 Å². The molecule has 0 fully saturated rings. The van der Waals surface area contributed by atoms with Gasteiger partial charge in [-0.3, -0.25) is 4.79 Å². The molecule has 0 radical (unpaired) electrons. The van der Waals surface area contributed by atoms with Crippen molar-refractivity contribution < 1.29 is 9.53 Å². The van der Waals surface area contributed by atoms with Gasteiger partial charge in [-0.25, -0.2) is 0 Å². The lowest BCUT2D eigenvalue weighted by molar-refractivity contribution is -0.149. The van der Waals surface area contributed by atoms with Gasteiger partial charge in [-0.2, -0.15) is 0 Å². The Kier molecular flexibility index (Phi) is 4.35. The average molecular weight is 206 g/mol. The largest absolute Gasteiger partial charge is 0.463 e. The molecule has 2 heteroatoms. The Labute approximate surface area is 91.3 Å². The molecule has 0 heterocycles. The van der Waals surface area contributed by atoms with Crippen molar-refractivity contribution in [2.45, 2.75) is 39.2 Å². The summed E-state index contributed by atoms with van der Waals surface area (Å²) in [6, 6.07) is 9.77. The van der Waals surface area contributed by atoms with Gasteiger partial charge in [-0.05, 0) is 25.8 Å². The molecule has 15 heavy (non-hydrogen) atoms. The first-order chi connectivity index (χ1) is 7.15. The Balaban J connectivity index is 2.76. The Morgan fingerprint density at radius 2 is 1.87 bits per heavy atom. The van der Waals surface area contributed by atoms with Crippen LogP contribution in [0.4, 0.5) is 0 Å². The van der Waals surface area contributed by atoms with Crippen LogP contribution in [-0.2, 0) is 9.53 Å². The van der Waals surface area contributed by atoms with Crippen molar-refractivity contribution in [3.63, 3.8) is 0 Å². The van der Waals surface area contributed by atoms with E-state index in [1.165, 1.54) is 0 Å². The van der Waals surface area contributed by atoms with E-state index in [9.17, 15) is 4.79 Å². The van der Waals surface area contributed by atoms with Crippen LogP contribution in [0.2, 0.25) is 0 Å². The summed E-state index contributed by atoms with van der Waals surface area (Å²) in [5.74, 6) is -0.257. The van der Waals surface area contributed by atoms with E-state index >= 15 is 0 Å². The topological polar surface area (TPSA) is 26.3 Å². The fourth-order valence-electron chi connectivity index (χ4n) is 1.54. The van der Waals surface area contributed by atoms with Crippen LogP contribution in [0.1, 0.15) is 38.7 Å². The van der Waals surface area contributed by atoms with Gasteiger partial charge < -0.3 is 4.74 Å². The fourth-order valence-corrected chi connectivity index (χ4v) is 1.54. The number of benzene rings is 1. The second-order valence-electron chi connectivity index (χ2n) is 3.86. The first-order valence-electron chi connectivity index (χ1n) is 5.40. The maximum absolute atomic E-state index is 11.8. The number of hydrogen-bond donors (Lipinski definition) is 0. The maximum atomic E-state index is 11.8. The highest BCUT2D eigenvalue weighted by atomic mass is 16.5. The van der Waals surface area contributed by atoms with Crippen molar-refractivity contribution in [3.05, 3.63) is 35.9 Å². The molecule has 1 rings (SSSR count). The summed E-state index contributed by atoms with van der Waals surface area (Å²) >= 11 is 0. The van der Waals surface area contributed by atoms with Crippen molar-refractivity contribution in [1.82, 2.24) is 0 Å². The van der Waals surface area contributed by atoms with E-state index in [4.69, 9.17) is 4.74 Å². The maximum Gasteiger partial charge on any atom is 0.313 e. The molecule has 1 aromatic carbocycles. The highest BCUT2D eigenvalue weighted by molar-refractivity contribution is 5.78. The minimum absolute atomic E-state index is 0.0461. The van der Waals surface area contributed by atoms with Gasteiger partial charge in [0.1, 0.15) is 0 Å². The minimum atomic E-state index is -0.131. The summed E-state index contributed by atoms with van der Waals surface area (Å²) < 4.78 is 5.22. The molecule has 0 aliphatic heterocycles. The Morgan fingerprint density at radius 1 is 1.27 bits per heavy atom. The minimum Gasteiger partial charge on any atom is -0.463 e. The number of esters is 1. The molecule has 0 amide bonds. The standard InChI is InChI=1S/C13H18O2/c1-4-12(13(14)15-10(2)3)11-8-6-5-7-9-11/h5-10,12H,4H2,1-3H3/t12-/m1/s1. The molecule has 0 aliphatic rings. The Bertz CT molecular complexity index is 304. The summed E-state index contributed by atoms with van der Waals surface area (Å²) in [6.45, 7) is 5.74. The molecule has 0 bridgehead atoms. The molecule has 0 unspecified atom stereocenters. The van der Waals surface area contributed by atoms with Gasteiger partial charge in [0.15, 0.2) is 0 Å². The summed E-state index contributed by atoms with van der Waals surface area (Å²) in [5.41, 5.74) is 1.03. The lowest BCUT2D eigenvalue weighted by Crippen LogP contribution is -2.19. The third kappa shape index (κ3) is 3.39. The molecule has 1 atom stereocenters. The Morgan fingerprint density at radius 3 is 2.33 bits per heavy atom. The van der Waals surface area contributed by atoms with Crippen molar-refractivity contribution in [2.75, 3.05) is 0 Å². The molecular formula is C13H18O2. The zero-order valence-corrected chi connectivity index (χ0v) is 9.57. The quantitative estimate of drug-likeness (QED) is 0.707. The summed E-state index contributed by atoms with van der Waals surface area (Å²) in [6.07, 6.45) is 0.727. The normalized spacial score (nSPS) is 12.5. The van der Waals surface area contributed by atoms with Gasteiger partial charge in [-0.15, -0.1) is 0 Å². The average Bonchev–Trinajstić information content (AvgIpc) is 2.19. The van der Waals surface area contributed by atoms with Crippen LogP contribution in [0.25, 0.3) is 0 Å². The molecule has 82 valence electrons. The van der Waals surface area contributed by atoms with E-state index in [0.29, 0.717) is 0 Å². The van der Waals surface area contributed by atoms with Gasteiger partial charge in [-0.1, -0.05) is 37.3 Å². The highest BCUT2D eigenvalue weighted by Crippen LogP contribution is 2.21. The van der Waals surface area contributed by atoms with Gasteiger partial charge in [0, 0.05) is 0 Å². The number of hydrogen-bond acceptors (Lipinski definition) is 2. The monoisotopic (exact) mass is 206 g/mol. The zero-order chi connectivity index (χ0) is 11.3. The third-order valence-electron chi connectivity index (χ3n) is 2.25. The molecule has 1 aromatic rings. The molecule has 2 nitrogen and oxygen atoms in total. The van der Waals surface area contributed by atoms with Crippen molar-refractivity contribution in [2.24, 2.45) is 0 Å². The van der Waals surface area contributed by atoms with Crippen LogP contribution < -0.4 is 0 Å². The van der Waals surface area contributed by atoms with Gasteiger partial charge in [0.25, 0.3) is 0 Å². The lowest BCUT2D eigenvalue weighted by atomic mass is 9.97. The van der Waals surface area contributed by atoms with Crippen molar-refractivity contribution in [1.29, 1.82) is 0 Å². The second-order valence-corrected chi connectivity index (χ2v) is 3.86. The lowest BCUT2D eigenvalue weighted by Gasteiger charge is -2.16. The first-order valence-corrected chi connectivity index (χ1v) is 5.40. The van der Waals surface area contributed by atoms with Crippen LogP contribution in [-0.4, -0.2) is 12.1 Å². The van der Waals surface area contributed by atoms with Crippen molar-refractivity contribution >= 4 is 5.97 Å². The summed E-state index contributed by atoms with van der Waals surface area (Å²) in [5, 5.41) is 0. The van der Waals surface area contributed by atoms with E-state index in [-0.39, 0.29) is 18.0 Å². The molecule has 0 spiro atoms. The van der Waals surface area contributed by atoms with E-state index < -0.39 is 0 Å². The van der Waals surface area contributed by atoms with E-state index in [2.05, 4.69) is 0 Å². The highest BCUT2D eigenvalue weighted by Gasteiger charge is 2.20. The van der Waals surface area contributed by atoms with Crippen molar-refractivity contribution in [3.8, 4) is 0 Å². The van der Waals surface area contributed by atoms with Crippen LogP contribution >= 0.6 is 0 Å². The molecule has 0 aliphatic carbocycles. The first kappa shape index (κ1) is 11.8. The number of carbonyl (C=O) groups excluding carboxylic acids is 1. The molecular weight excluding hydrogens is 188 g/mol. The summed E-state index contributed by atoms with van der Waals surface area (Å²) in [7, 11) is 0. The van der Waals surface area contributed by atoms with Crippen LogP contribution in [0.3, 0.4) is 0 Å². The fraction of sp³-hybridized carbons (Fsp3) is 0.462. The van der Waals surface area contributed by atoms with E-state index in [1.54, 1.807) is 0 Å². The SMILES string of the molecule is CC[C@@H](C(=O)OC(C)C)c1ccccc1. The van der Waals surface area contributed by atoms with E-state index in [1.807, 2.05) is 51.1 Å². The predicted octanol–water partition coefficient (Wildman–Crippen LogP) is 3.13. The predicted molar refractivity (Wildman–Crippen MR) is 60.7 cm³/mol. The molecule has 0 saturated heterocycles. The van der Waals surface area contributed by atoms with Gasteiger partial charge in [0.2, 0.25) is 0 Å². The van der Waals surface area contributed by atoms with Crippen LogP contribution in [0.15, 0.2) is 30.3 Å². The number of ether oxygens (including phenoxy) is 1. The third-order valence-corrected chi connectivity index (χ3v) is 2.25. The van der Waals surface area contributed by atoms with E-state index in [0.717, 1.165) is 12.0 Å². The van der Waals surface area contributed by atoms with Crippen LogP contribution in [0.5, 0.6) is 0 Å². The smallest absolute Gasteiger partial charge is 0.313 e. The zero-order valence-electron chi connectivity index (χ0n) is 9.57. The number of rotatable bonds is 4.